The smallest absolute Gasteiger partial charge is 0.121 e. The number of aryl methyl sites for hydroxylation is 5. The highest BCUT2D eigenvalue weighted by Crippen LogP contribution is 2.43. The molecule has 0 aliphatic heterocycles. The van der Waals surface area contributed by atoms with E-state index in [9.17, 15) is 10.2 Å². The van der Waals surface area contributed by atoms with Crippen LogP contribution in [-0.2, 0) is 5.41 Å². The molecule has 0 atom stereocenters. The van der Waals surface area contributed by atoms with Gasteiger partial charge in [0.1, 0.15) is 11.5 Å². The summed E-state index contributed by atoms with van der Waals surface area (Å²) in [5.74, 6) is 0.701. The monoisotopic (exact) mass is 360 g/mol. The summed E-state index contributed by atoms with van der Waals surface area (Å²) < 4.78 is 0. The van der Waals surface area contributed by atoms with Crippen LogP contribution in [0.5, 0.6) is 11.5 Å². The van der Waals surface area contributed by atoms with Gasteiger partial charge in [0.2, 0.25) is 0 Å². The van der Waals surface area contributed by atoms with Crippen LogP contribution in [0.4, 0.5) is 0 Å². The molecule has 0 aromatic heterocycles. The molecule has 2 nitrogen and oxygen atoms in total. The first-order valence-electron chi connectivity index (χ1n) is 9.33. The Morgan fingerprint density at radius 2 is 1.00 bits per heavy atom. The third kappa shape index (κ3) is 3.21. The van der Waals surface area contributed by atoms with Crippen LogP contribution in [0.3, 0.4) is 0 Å². The van der Waals surface area contributed by atoms with Gasteiger partial charge in [-0.15, -0.1) is 0 Å². The van der Waals surface area contributed by atoms with Crippen LogP contribution in [0, 0.1) is 34.6 Å². The summed E-state index contributed by atoms with van der Waals surface area (Å²) in [6.45, 7) is 12.1. The van der Waals surface area contributed by atoms with Gasteiger partial charge in [0, 0.05) is 5.41 Å². The van der Waals surface area contributed by atoms with Crippen LogP contribution in [0.1, 0.15) is 51.4 Å². The van der Waals surface area contributed by atoms with Crippen LogP contribution < -0.4 is 0 Å². The van der Waals surface area contributed by atoms with E-state index in [1.807, 2.05) is 27.7 Å². The van der Waals surface area contributed by atoms with E-state index >= 15 is 0 Å². The quantitative estimate of drug-likeness (QED) is 0.563. The lowest BCUT2D eigenvalue weighted by molar-refractivity contribution is 0.465. The van der Waals surface area contributed by atoms with Gasteiger partial charge >= 0.3 is 0 Å². The molecule has 2 N–H and O–H groups in total. The zero-order valence-electron chi connectivity index (χ0n) is 17.0. The molecule has 0 aliphatic carbocycles. The molecule has 0 heterocycles. The summed E-state index contributed by atoms with van der Waals surface area (Å²) in [4.78, 5) is 0. The van der Waals surface area contributed by atoms with E-state index in [2.05, 4.69) is 62.4 Å². The summed E-state index contributed by atoms with van der Waals surface area (Å²) in [6, 6.07) is 16.8. The van der Waals surface area contributed by atoms with Gasteiger partial charge in [-0.1, -0.05) is 54.1 Å². The first-order chi connectivity index (χ1) is 12.6. The highest BCUT2D eigenvalue weighted by Gasteiger charge is 2.33. The summed E-state index contributed by atoms with van der Waals surface area (Å²) >= 11 is 0. The van der Waals surface area contributed by atoms with Crippen molar-refractivity contribution in [2.75, 3.05) is 0 Å². The molecular formula is C25H28O2. The number of rotatable bonds is 3. The Balaban J connectivity index is 2.38. The van der Waals surface area contributed by atoms with Crippen LogP contribution in [-0.4, -0.2) is 10.2 Å². The summed E-state index contributed by atoms with van der Waals surface area (Å²) in [5, 5.41) is 20.5. The average molecular weight is 360 g/mol. The number of hydrogen-bond acceptors (Lipinski definition) is 2. The van der Waals surface area contributed by atoms with Crippen molar-refractivity contribution in [1.29, 1.82) is 0 Å². The lowest BCUT2D eigenvalue weighted by Gasteiger charge is -2.33. The van der Waals surface area contributed by atoms with E-state index in [-0.39, 0.29) is 0 Å². The van der Waals surface area contributed by atoms with Crippen LogP contribution in [0.15, 0.2) is 48.5 Å². The van der Waals surface area contributed by atoms with Gasteiger partial charge in [0.25, 0.3) is 0 Å². The molecule has 0 aliphatic rings. The Bertz CT molecular complexity index is 911. The van der Waals surface area contributed by atoms with Gasteiger partial charge in [-0.25, -0.2) is 0 Å². The highest BCUT2D eigenvalue weighted by atomic mass is 16.3. The normalized spacial score (nSPS) is 11.6. The number of phenolic OH excluding ortho intramolecular Hbond substituents is 2. The van der Waals surface area contributed by atoms with Crippen LogP contribution >= 0.6 is 0 Å². The highest BCUT2D eigenvalue weighted by molar-refractivity contribution is 5.57. The van der Waals surface area contributed by atoms with Crippen molar-refractivity contribution in [2.45, 2.75) is 47.0 Å². The van der Waals surface area contributed by atoms with Crippen LogP contribution in [0.25, 0.3) is 0 Å². The van der Waals surface area contributed by atoms with Gasteiger partial charge < -0.3 is 10.2 Å². The first kappa shape index (κ1) is 19.0. The summed E-state index contributed by atoms with van der Waals surface area (Å²) in [5.41, 5.74) is 7.74. The molecular weight excluding hydrogens is 332 g/mol. The second-order valence-corrected chi connectivity index (χ2v) is 7.91. The summed E-state index contributed by atoms with van der Waals surface area (Å²) in [7, 11) is 0. The van der Waals surface area contributed by atoms with Crippen molar-refractivity contribution in [3.63, 3.8) is 0 Å². The second-order valence-electron chi connectivity index (χ2n) is 7.91. The largest absolute Gasteiger partial charge is 0.507 e. The van der Waals surface area contributed by atoms with Crippen molar-refractivity contribution in [3.8, 4) is 11.5 Å². The molecule has 0 spiro atoms. The van der Waals surface area contributed by atoms with E-state index in [1.54, 1.807) is 0 Å². The zero-order valence-corrected chi connectivity index (χ0v) is 17.0. The minimum atomic E-state index is -0.404. The van der Waals surface area contributed by atoms with E-state index in [4.69, 9.17) is 0 Å². The minimum absolute atomic E-state index is 0.350. The Morgan fingerprint density at radius 1 is 0.593 bits per heavy atom. The van der Waals surface area contributed by atoms with Gasteiger partial charge in [-0.2, -0.15) is 0 Å². The fourth-order valence-corrected chi connectivity index (χ4v) is 3.95. The SMILES string of the molecule is Cc1cccc(C(C)(c2cc(C)c(O)c(C)c2)c2cc(C)c(O)c(C)c2)c1. The van der Waals surface area contributed by atoms with Crippen molar-refractivity contribution in [3.05, 3.63) is 93.0 Å². The summed E-state index contributed by atoms with van der Waals surface area (Å²) in [6.07, 6.45) is 0. The molecule has 0 bridgehead atoms. The van der Waals surface area contributed by atoms with E-state index < -0.39 is 5.41 Å². The molecule has 140 valence electrons. The van der Waals surface area contributed by atoms with Crippen molar-refractivity contribution < 1.29 is 10.2 Å². The molecule has 27 heavy (non-hydrogen) atoms. The first-order valence-corrected chi connectivity index (χ1v) is 9.33. The number of aromatic hydroxyl groups is 2. The lowest BCUT2D eigenvalue weighted by Crippen LogP contribution is -2.26. The topological polar surface area (TPSA) is 40.5 Å². The van der Waals surface area contributed by atoms with E-state index in [0.717, 1.165) is 33.4 Å². The maximum Gasteiger partial charge on any atom is 0.121 e. The average Bonchev–Trinajstić information content (AvgIpc) is 2.62. The van der Waals surface area contributed by atoms with Gasteiger partial charge in [-0.3, -0.25) is 0 Å². The molecule has 0 amide bonds. The predicted molar refractivity (Wildman–Crippen MR) is 112 cm³/mol. The number of hydrogen-bond donors (Lipinski definition) is 2. The van der Waals surface area contributed by atoms with Gasteiger partial charge in [0.05, 0.1) is 0 Å². The Kier molecular flexibility index (Phi) is 4.77. The molecule has 3 aromatic rings. The Hall–Kier alpha value is -2.74. The maximum atomic E-state index is 10.3. The standard InChI is InChI=1S/C25H28O2/c1-15-8-7-9-20(10-15)25(6,21-11-16(2)23(26)17(3)12-21)22-13-18(4)24(27)19(5)14-22/h7-14,26-27H,1-6H3. The lowest BCUT2D eigenvalue weighted by atomic mass is 9.69. The molecule has 0 saturated carbocycles. The molecule has 3 rings (SSSR count). The number of phenols is 2. The predicted octanol–water partition coefficient (Wildman–Crippen LogP) is 5.99. The maximum absolute atomic E-state index is 10.3. The van der Waals surface area contributed by atoms with E-state index in [1.165, 1.54) is 11.1 Å². The Morgan fingerprint density at radius 3 is 1.37 bits per heavy atom. The molecule has 0 fully saturated rings. The molecule has 3 aromatic carbocycles. The Labute approximate surface area is 162 Å². The third-order valence-electron chi connectivity index (χ3n) is 5.73. The van der Waals surface area contributed by atoms with Crippen LogP contribution in [0.2, 0.25) is 0 Å². The second kappa shape index (κ2) is 6.77. The molecule has 0 unspecified atom stereocenters. The van der Waals surface area contributed by atoms with Crippen molar-refractivity contribution in [1.82, 2.24) is 0 Å². The van der Waals surface area contributed by atoms with Crippen molar-refractivity contribution >= 4 is 0 Å². The van der Waals surface area contributed by atoms with E-state index in [0.29, 0.717) is 11.5 Å². The fourth-order valence-electron chi connectivity index (χ4n) is 3.95. The minimum Gasteiger partial charge on any atom is -0.507 e. The fraction of sp³-hybridized carbons (Fsp3) is 0.280. The molecule has 2 heteroatoms. The molecule has 0 radical (unpaired) electrons. The zero-order chi connectivity index (χ0) is 19.9. The number of benzene rings is 3. The van der Waals surface area contributed by atoms with Gasteiger partial charge in [0.15, 0.2) is 0 Å². The van der Waals surface area contributed by atoms with Crippen molar-refractivity contribution in [2.24, 2.45) is 0 Å². The van der Waals surface area contributed by atoms with Gasteiger partial charge in [-0.05, 0) is 80.5 Å². The third-order valence-corrected chi connectivity index (χ3v) is 5.73. The molecule has 0 saturated heterocycles.